The minimum absolute atomic E-state index is 0.159. The number of nitrogens with zero attached hydrogens (tertiary/aromatic N) is 1. The van der Waals surface area contributed by atoms with Crippen LogP contribution in [0.3, 0.4) is 0 Å². The van der Waals surface area contributed by atoms with Gasteiger partial charge < -0.3 is 15.3 Å². The molecule has 0 bridgehead atoms. The van der Waals surface area contributed by atoms with E-state index in [-0.39, 0.29) is 23.2 Å². The molecule has 22 heavy (non-hydrogen) atoms. The number of β-amino-alcohol motifs (C(OH)–C–C–N with tert-alkyl or cyclic N) is 1. The Balaban J connectivity index is 1.59. The van der Waals surface area contributed by atoms with Crippen LogP contribution in [0, 0.1) is 11.7 Å². The molecule has 5 heteroatoms. The lowest BCUT2D eigenvalue weighted by Crippen LogP contribution is -2.50. The number of hydrogen-bond acceptors (Lipinski definition) is 2. The van der Waals surface area contributed by atoms with Crippen LogP contribution in [0.4, 0.5) is 9.18 Å². The third kappa shape index (κ3) is 2.95. The zero-order valence-corrected chi connectivity index (χ0v) is 12.9. The van der Waals surface area contributed by atoms with Crippen LogP contribution in [0.2, 0.25) is 0 Å². The second kappa shape index (κ2) is 5.88. The van der Waals surface area contributed by atoms with Gasteiger partial charge in [0.05, 0.1) is 6.10 Å². The van der Waals surface area contributed by atoms with E-state index in [0.717, 1.165) is 19.3 Å². The van der Waals surface area contributed by atoms with E-state index >= 15 is 0 Å². The topological polar surface area (TPSA) is 52.6 Å². The Bertz CT molecular complexity index is 559. The molecule has 3 rings (SSSR count). The van der Waals surface area contributed by atoms with Crippen LogP contribution in [0.1, 0.15) is 31.7 Å². The average Bonchev–Trinajstić information content (AvgIpc) is 3.29. The number of nitrogens with one attached hydrogen (secondary N) is 1. The second-order valence-electron chi connectivity index (χ2n) is 6.70. The van der Waals surface area contributed by atoms with Gasteiger partial charge in [-0.2, -0.15) is 0 Å². The van der Waals surface area contributed by atoms with Crippen molar-refractivity contribution in [3.05, 3.63) is 35.6 Å². The molecule has 1 aromatic carbocycles. The molecule has 1 saturated heterocycles. The molecule has 2 aliphatic rings. The number of carbonyl (C=O) groups is 1. The summed E-state index contributed by atoms with van der Waals surface area (Å²) in [4.78, 5) is 13.9. The van der Waals surface area contributed by atoms with Gasteiger partial charge in [0.1, 0.15) is 5.82 Å². The summed E-state index contributed by atoms with van der Waals surface area (Å²) in [6, 6.07) is 6.64. The largest absolute Gasteiger partial charge is 0.391 e. The Morgan fingerprint density at radius 3 is 2.82 bits per heavy atom. The van der Waals surface area contributed by atoms with E-state index in [0.29, 0.717) is 25.2 Å². The maximum absolute atomic E-state index is 13.9. The molecule has 4 nitrogen and oxygen atoms in total. The Hall–Kier alpha value is -1.62. The molecule has 120 valence electrons. The number of carbonyl (C=O) groups excluding carboxylic acids is 1. The summed E-state index contributed by atoms with van der Waals surface area (Å²) >= 11 is 0. The maximum Gasteiger partial charge on any atom is 0.317 e. The molecule has 2 atom stereocenters. The lowest BCUT2D eigenvalue weighted by Gasteiger charge is -2.34. The highest BCUT2D eigenvalue weighted by atomic mass is 19.1. The zero-order chi connectivity index (χ0) is 15.7. The number of amides is 2. The Morgan fingerprint density at radius 2 is 2.18 bits per heavy atom. The summed E-state index contributed by atoms with van der Waals surface area (Å²) in [5.41, 5.74) is 0.450. The first-order valence-electron chi connectivity index (χ1n) is 7.98. The monoisotopic (exact) mass is 306 g/mol. The van der Waals surface area contributed by atoms with Crippen LogP contribution >= 0.6 is 0 Å². The summed E-state index contributed by atoms with van der Waals surface area (Å²) in [7, 11) is 0. The molecule has 1 aliphatic carbocycles. The normalized spacial score (nSPS) is 26.6. The van der Waals surface area contributed by atoms with Crippen molar-refractivity contribution < 1.29 is 14.3 Å². The van der Waals surface area contributed by atoms with Crippen LogP contribution < -0.4 is 5.32 Å². The van der Waals surface area contributed by atoms with E-state index in [1.165, 1.54) is 6.07 Å². The molecule has 1 saturated carbocycles. The molecule has 1 aliphatic heterocycles. The lowest BCUT2D eigenvalue weighted by atomic mass is 9.95. The van der Waals surface area contributed by atoms with Crippen LogP contribution in [0.15, 0.2) is 24.3 Å². The SMILES string of the molecule is CC1CCN(C(=O)NCC2(c3ccccc3F)CC2)CC1O. The van der Waals surface area contributed by atoms with Gasteiger partial charge in [-0.05, 0) is 36.8 Å². The number of aliphatic hydroxyl groups excluding tert-OH is 1. The van der Waals surface area contributed by atoms with Gasteiger partial charge in [-0.1, -0.05) is 25.1 Å². The van der Waals surface area contributed by atoms with E-state index in [9.17, 15) is 14.3 Å². The number of benzene rings is 1. The third-order valence-electron chi connectivity index (χ3n) is 5.08. The number of hydrogen-bond donors (Lipinski definition) is 2. The number of halogens is 1. The van der Waals surface area contributed by atoms with Crippen molar-refractivity contribution in [3.8, 4) is 0 Å². The lowest BCUT2D eigenvalue weighted by molar-refractivity contribution is 0.0435. The van der Waals surface area contributed by atoms with Crippen molar-refractivity contribution in [2.45, 2.75) is 37.7 Å². The standard InChI is InChI=1S/C17H23FN2O2/c1-12-6-9-20(10-15(12)21)16(22)19-11-17(7-8-17)13-4-2-3-5-14(13)18/h2-5,12,15,21H,6-11H2,1H3,(H,19,22). The van der Waals surface area contributed by atoms with E-state index in [4.69, 9.17) is 0 Å². The fourth-order valence-electron chi connectivity index (χ4n) is 3.17. The smallest absolute Gasteiger partial charge is 0.317 e. The van der Waals surface area contributed by atoms with Crippen molar-refractivity contribution in [2.75, 3.05) is 19.6 Å². The molecule has 2 N–H and O–H groups in total. The molecular formula is C17H23FN2O2. The van der Waals surface area contributed by atoms with Gasteiger partial charge in [0, 0.05) is 25.0 Å². The molecule has 2 amide bonds. The van der Waals surface area contributed by atoms with Gasteiger partial charge in [0.25, 0.3) is 0 Å². The van der Waals surface area contributed by atoms with Gasteiger partial charge in [0.15, 0.2) is 0 Å². The Kier molecular flexibility index (Phi) is 4.08. The van der Waals surface area contributed by atoms with Gasteiger partial charge >= 0.3 is 6.03 Å². The molecule has 1 aromatic rings. The number of likely N-dealkylation sites (tertiary alicyclic amines) is 1. The van der Waals surface area contributed by atoms with Crippen molar-refractivity contribution in [3.63, 3.8) is 0 Å². The second-order valence-corrected chi connectivity index (χ2v) is 6.70. The Labute approximate surface area is 130 Å². The Morgan fingerprint density at radius 1 is 1.45 bits per heavy atom. The molecule has 0 radical (unpaired) electrons. The summed E-state index contributed by atoms with van der Waals surface area (Å²) in [5, 5.41) is 12.8. The minimum Gasteiger partial charge on any atom is -0.391 e. The minimum atomic E-state index is -0.457. The molecule has 0 aromatic heterocycles. The summed E-state index contributed by atoms with van der Waals surface area (Å²) in [6.45, 7) is 3.49. The first kappa shape index (κ1) is 15.3. The molecule has 1 heterocycles. The average molecular weight is 306 g/mol. The van der Waals surface area contributed by atoms with E-state index in [2.05, 4.69) is 5.32 Å². The number of rotatable bonds is 3. The van der Waals surface area contributed by atoms with Gasteiger partial charge in [-0.3, -0.25) is 0 Å². The summed E-state index contributed by atoms with van der Waals surface area (Å²) in [6.07, 6.45) is 2.15. The van der Waals surface area contributed by atoms with E-state index < -0.39 is 6.10 Å². The van der Waals surface area contributed by atoms with Gasteiger partial charge in [-0.15, -0.1) is 0 Å². The molecule has 2 fully saturated rings. The fourth-order valence-corrected chi connectivity index (χ4v) is 3.17. The van der Waals surface area contributed by atoms with E-state index in [1.807, 2.05) is 13.0 Å². The van der Waals surface area contributed by atoms with Crippen LogP contribution in [-0.2, 0) is 5.41 Å². The molecule has 2 unspecified atom stereocenters. The quantitative estimate of drug-likeness (QED) is 0.900. The highest BCUT2D eigenvalue weighted by molar-refractivity contribution is 5.74. The number of aliphatic hydroxyl groups is 1. The summed E-state index contributed by atoms with van der Waals surface area (Å²) < 4.78 is 13.9. The zero-order valence-electron chi connectivity index (χ0n) is 12.9. The van der Waals surface area contributed by atoms with Gasteiger partial charge in [-0.25, -0.2) is 9.18 Å². The van der Waals surface area contributed by atoms with Crippen molar-refractivity contribution in [1.82, 2.24) is 10.2 Å². The van der Waals surface area contributed by atoms with Crippen molar-refractivity contribution in [2.24, 2.45) is 5.92 Å². The molecule has 0 spiro atoms. The first-order valence-corrected chi connectivity index (χ1v) is 7.98. The fraction of sp³-hybridized carbons (Fsp3) is 0.588. The van der Waals surface area contributed by atoms with E-state index in [1.54, 1.807) is 17.0 Å². The number of urea groups is 1. The predicted molar refractivity (Wildman–Crippen MR) is 82.1 cm³/mol. The van der Waals surface area contributed by atoms with Crippen molar-refractivity contribution >= 4 is 6.03 Å². The van der Waals surface area contributed by atoms with Crippen LogP contribution in [0.25, 0.3) is 0 Å². The predicted octanol–water partition coefficient (Wildman–Crippen LogP) is 2.27. The van der Waals surface area contributed by atoms with Crippen LogP contribution in [0.5, 0.6) is 0 Å². The highest BCUT2D eigenvalue weighted by Crippen LogP contribution is 2.48. The van der Waals surface area contributed by atoms with Gasteiger partial charge in [0.2, 0.25) is 0 Å². The maximum atomic E-state index is 13.9. The highest BCUT2D eigenvalue weighted by Gasteiger charge is 2.46. The summed E-state index contributed by atoms with van der Waals surface area (Å²) in [5.74, 6) is 0.0358. The first-order chi connectivity index (χ1) is 10.5. The van der Waals surface area contributed by atoms with Crippen LogP contribution in [-0.4, -0.2) is 41.8 Å². The third-order valence-corrected chi connectivity index (χ3v) is 5.08. The number of piperidine rings is 1. The van der Waals surface area contributed by atoms with Crippen molar-refractivity contribution in [1.29, 1.82) is 0 Å². The molecular weight excluding hydrogens is 283 g/mol.